The Hall–Kier alpha value is -4.39. The van der Waals surface area contributed by atoms with Gasteiger partial charge in [-0.2, -0.15) is 0 Å². The van der Waals surface area contributed by atoms with E-state index in [9.17, 15) is 19.5 Å². The number of H-pyrrole nitrogens is 2. The van der Waals surface area contributed by atoms with Crippen molar-refractivity contribution in [3.63, 3.8) is 0 Å². The summed E-state index contributed by atoms with van der Waals surface area (Å²) in [5.41, 5.74) is 4.73. The molecule has 0 saturated carbocycles. The smallest absolute Gasteiger partial charge is 0.353 e. The molecule has 34 heavy (non-hydrogen) atoms. The van der Waals surface area contributed by atoms with Gasteiger partial charge in [-0.15, -0.1) is 0 Å². The summed E-state index contributed by atoms with van der Waals surface area (Å²) in [6.45, 7) is 0.187. The highest BCUT2D eigenvalue weighted by Crippen LogP contribution is 2.38. The van der Waals surface area contributed by atoms with Gasteiger partial charge in [-0.05, 0) is 66.3 Å². The van der Waals surface area contributed by atoms with E-state index in [0.29, 0.717) is 22.2 Å². The molecule has 3 aromatic heterocycles. The first-order valence-corrected chi connectivity index (χ1v) is 11.2. The van der Waals surface area contributed by atoms with Crippen LogP contribution in [0.4, 0.5) is 0 Å². The van der Waals surface area contributed by atoms with Crippen LogP contribution in [0.1, 0.15) is 33.6 Å². The summed E-state index contributed by atoms with van der Waals surface area (Å²) in [6.07, 6.45) is 4.45. The monoisotopic (exact) mass is 451 g/mol. The van der Waals surface area contributed by atoms with Gasteiger partial charge in [0.2, 0.25) is 5.56 Å². The Balaban J connectivity index is 1.71. The van der Waals surface area contributed by atoms with Gasteiger partial charge in [0.05, 0.1) is 0 Å². The minimum absolute atomic E-state index is 0.0414. The van der Waals surface area contributed by atoms with E-state index < -0.39 is 5.97 Å². The van der Waals surface area contributed by atoms with Crippen LogP contribution in [0.2, 0.25) is 0 Å². The van der Waals surface area contributed by atoms with Crippen LogP contribution in [0.5, 0.6) is 0 Å². The van der Waals surface area contributed by atoms with Crippen molar-refractivity contribution in [2.24, 2.45) is 0 Å². The van der Waals surface area contributed by atoms with Crippen molar-refractivity contribution in [1.82, 2.24) is 14.5 Å². The molecule has 0 spiro atoms. The molecule has 2 aromatic carbocycles. The lowest BCUT2D eigenvalue weighted by molar-refractivity contribution is 0.0687. The number of para-hydroxylation sites is 1. The van der Waals surface area contributed by atoms with Crippen molar-refractivity contribution in [2.75, 3.05) is 0 Å². The molecule has 0 unspecified atom stereocenters. The number of aryl methyl sites for hydroxylation is 2. The third-order valence-electron chi connectivity index (χ3n) is 6.73. The molecule has 0 amide bonds. The van der Waals surface area contributed by atoms with Gasteiger partial charge >= 0.3 is 5.97 Å². The Morgan fingerprint density at radius 3 is 2.56 bits per heavy atom. The number of aromatic amines is 2. The lowest BCUT2D eigenvalue weighted by Gasteiger charge is -2.12. The third-order valence-corrected chi connectivity index (χ3v) is 6.73. The summed E-state index contributed by atoms with van der Waals surface area (Å²) in [6, 6.07) is 16.4. The van der Waals surface area contributed by atoms with Crippen molar-refractivity contribution in [3.05, 3.63) is 104 Å². The fourth-order valence-electron chi connectivity index (χ4n) is 5.27. The Kier molecular flexibility index (Phi) is 4.52. The van der Waals surface area contributed by atoms with Gasteiger partial charge in [-0.25, -0.2) is 4.79 Å². The molecule has 6 rings (SSSR count). The third kappa shape index (κ3) is 3.08. The fourth-order valence-corrected chi connectivity index (χ4v) is 5.27. The Morgan fingerprint density at radius 1 is 0.971 bits per heavy atom. The summed E-state index contributed by atoms with van der Waals surface area (Å²) < 4.78 is 1.74. The maximum absolute atomic E-state index is 12.8. The Bertz CT molecular complexity index is 1740. The number of fused-ring (bicyclic) bond motifs is 3. The van der Waals surface area contributed by atoms with Crippen molar-refractivity contribution in [3.8, 4) is 11.1 Å². The lowest BCUT2D eigenvalue weighted by atomic mass is 10.00. The first-order valence-electron chi connectivity index (χ1n) is 11.2. The molecule has 1 aliphatic rings. The molecule has 0 bridgehead atoms. The van der Waals surface area contributed by atoms with E-state index in [1.807, 2.05) is 30.3 Å². The number of aromatic nitrogens is 3. The quantitative estimate of drug-likeness (QED) is 0.383. The number of carboxylic acids is 1. The van der Waals surface area contributed by atoms with E-state index in [4.69, 9.17) is 0 Å². The number of carbonyl (C=O) groups is 1. The SMILES string of the molecule is O=C(O)c1c(-c2ccc[nH]c2=O)c2cc3c(cc2n1Cc1cc(=O)[nH]c2ccccc12)CCC3. The maximum atomic E-state index is 12.8. The Morgan fingerprint density at radius 2 is 1.76 bits per heavy atom. The number of nitrogens with one attached hydrogen (secondary N) is 2. The summed E-state index contributed by atoms with van der Waals surface area (Å²) in [4.78, 5) is 43.3. The van der Waals surface area contributed by atoms with Gasteiger partial charge < -0.3 is 19.6 Å². The number of nitrogens with zero attached hydrogens (tertiary/aromatic N) is 1. The molecule has 7 heteroatoms. The predicted molar refractivity (Wildman–Crippen MR) is 131 cm³/mol. The van der Waals surface area contributed by atoms with Gasteiger partial charge in [-0.1, -0.05) is 18.2 Å². The van der Waals surface area contributed by atoms with Gasteiger partial charge in [0.25, 0.3) is 5.56 Å². The van der Waals surface area contributed by atoms with Crippen LogP contribution in [-0.2, 0) is 19.4 Å². The second kappa shape index (κ2) is 7.59. The van der Waals surface area contributed by atoms with E-state index in [2.05, 4.69) is 16.0 Å². The van der Waals surface area contributed by atoms with Crippen LogP contribution in [0.15, 0.2) is 70.4 Å². The summed E-state index contributed by atoms with van der Waals surface area (Å²) >= 11 is 0. The number of benzene rings is 2. The minimum atomic E-state index is -1.12. The van der Waals surface area contributed by atoms with Crippen LogP contribution in [0.25, 0.3) is 32.9 Å². The van der Waals surface area contributed by atoms with Gasteiger partial charge in [0.1, 0.15) is 5.69 Å². The molecule has 0 fully saturated rings. The van der Waals surface area contributed by atoms with Crippen LogP contribution < -0.4 is 11.1 Å². The first kappa shape index (κ1) is 20.2. The molecule has 168 valence electrons. The van der Waals surface area contributed by atoms with Gasteiger partial charge in [0, 0.05) is 51.7 Å². The average Bonchev–Trinajstić information content (AvgIpc) is 3.40. The second-order valence-corrected chi connectivity index (χ2v) is 8.72. The van der Waals surface area contributed by atoms with E-state index >= 15 is 0 Å². The standard InChI is InChI=1S/C27H21N3O4/c31-23-13-17(18-7-1-2-9-21(18)29-23)14-30-22-12-16-6-3-5-15(16)11-20(22)24(25(30)27(33)34)19-8-4-10-28-26(19)32/h1-2,4,7-13H,3,5-6,14H2,(H,28,32)(H,29,31)(H,33,34). The minimum Gasteiger partial charge on any atom is -0.477 e. The fraction of sp³-hybridized carbons (Fsp3) is 0.148. The average molecular weight is 451 g/mol. The number of hydrogen-bond acceptors (Lipinski definition) is 3. The molecule has 3 heterocycles. The number of pyridine rings is 2. The van der Waals surface area contributed by atoms with Crippen LogP contribution in [-0.4, -0.2) is 25.6 Å². The van der Waals surface area contributed by atoms with Gasteiger partial charge in [0.15, 0.2) is 0 Å². The van der Waals surface area contributed by atoms with Gasteiger partial charge in [-0.3, -0.25) is 9.59 Å². The Labute approximate surface area is 193 Å². The van der Waals surface area contributed by atoms with Crippen molar-refractivity contribution >= 4 is 27.8 Å². The first-order chi connectivity index (χ1) is 16.5. The molecule has 0 saturated heterocycles. The van der Waals surface area contributed by atoms with Crippen LogP contribution in [0.3, 0.4) is 0 Å². The highest BCUT2D eigenvalue weighted by atomic mass is 16.4. The second-order valence-electron chi connectivity index (χ2n) is 8.72. The molecule has 0 radical (unpaired) electrons. The number of carboxylic acid groups (broad SMARTS) is 1. The summed E-state index contributed by atoms with van der Waals surface area (Å²) in [5.74, 6) is -1.12. The van der Waals surface area contributed by atoms with E-state index in [-0.39, 0.29) is 23.4 Å². The maximum Gasteiger partial charge on any atom is 0.353 e. The van der Waals surface area contributed by atoms with E-state index in [1.165, 1.54) is 23.4 Å². The highest BCUT2D eigenvalue weighted by Gasteiger charge is 2.27. The van der Waals surface area contributed by atoms with Crippen molar-refractivity contribution < 1.29 is 9.90 Å². The molecule has 7 nitrogen and oxygen atoms in total. The van der Waals surface area contributed by atoms with Crippen LogP contribution in [0, 0.1) is 0 Å². The molecule has 0 atom stereocenters. The number of aromatic carboxylic acids is 1. The predicted octanol–water partition coefficient (Wildman–Crippen LogP) is 4.07. The molecule has 5 aromatic rings. The van der Waals surface area contributed by atoms with Crippen LogP contribution >= 0.6 is 0 Å². The molecular formula is C27H21N3O4. The molecule has 1 aliphatic carbocycles. The molecule has 3 N–H and O–H groups in total. The normalized spacial score (nSPS) is 12.9. The summed E-state index contributed by atoms with van der Waals surface area (Å²) in [5, 5.41) is 11.9. The number of rotatable bonds is 4. The van der Waals surface area contributed by atoms with E-state index in [1.54, 1.807) is 16.7 Å². The zero-order valence-electron chi connectivity index (χ0n) is 18.2. The highest BCUT2D eigenvalue weighted by molar-refractivity contribution is 6.08. The zero-order valence-corrected chi connectivity index (χ0v) is 18.2. The molecule has 0 aliphatic heterocycles. The van der Waals surface area contributed by atoms with Crippen molar-refractivity contribution in [1.29, 1.82) is 0 Å². The van der Waals surface area contributed by atoms with E-state index in [0.717, 1.165) is 35.6 Å². The zero-order chi connectivity index (χ0) is 23.4. The topological polar surface area (TPSA) is 108 Å². The largest absolute Gasteiger partial charge is 0.477 e. The van der Waals surface area contributed by atoms with Crippen molar-refractivity contribution in [2.45, 2.75) is 25.8 Å². The molecular weight excluding hydrogens is 430 g/mol. The lowest BCUT2D eigenvalue weighted by Crippen LogP contribution is -2.15. The number of hydrogen-bond donors (Lipinski definition) is 3. The summed E-state index contributed by atoms with van der Waals surface area (Å²) in [7, 11) is 0.